The third-order valence-corrected chi connectivity index (χ3v) is 2.43. The van der Waals surface area contributed by atoms with Crippen LogP contribution in [0.5, 0.6) is 0 Å². The smallest absolute Gasteiger partial charge is 0.383 e. The third-order valence-electron chi connectivity index (χ3n) is 2.43. The zero-order valence-corrected chi connectivity index (χ0v) is 9.66. The molecule has 0 bridgehead atoms. The molecule has 0 aliphatic heterocycles. The van der Waals surface area contributed by atoms with Crippen LogP contribution in [-0.4, -0.2) is 37.5 Å². The van der Waals surface area contributed by atoms with E-state index in [2.05, 4.69) is 20.1 Å². The van der Waals surface area contributed by atoms with Gasteiger partial charge in [-0.2, -0.15) is 18.2 Å². The Bertz CT molecular complexity index is 543. The van der Waals surface area contributed by atoms with Crippen LogP contribution in [0.2, 0.25) is 0 Å². The fraction of sp³-hybridized carbons (Fsp3) is 0.400. The summed E-state index contributed by atoms with van der Waals surface area (Å²) in [5.41, 5.74) is 0.270. The summed E-state index contributed by atoms with van der Waals surface area (Å²) in [6, 6.07) is 0. The number of alkyl halides is 3. The van der Waals surface area contributed by atoms with Gasteiger partial charge in [0.05, 0.1) is 12.1 Å². The van der Waals surface area contributed by atoms with Gasteiger partial charge >= 0.3 is 6.18 Å². The lowest BCUT2D eigenvalue weighted by Crippen LogP contribution is -2.33. The highest BCUT2D eigenvalue weighted by atomic mass is 19.4. The molecule has 2 rings (SSSR count). The average molecular weight is 274 g/mol. The number of aromatic nitrogens is 4. The molecule has 0 fully saturated rings. The Hall–Kier alpha value is -2.03. The van der Waals surface area contributed by atoms with Gasteiger partial charge in [-0.3, -0.25) is 4.98 Å². The Kier molecular flexibility index (Phi) is 3.47. The second-order valence-corrected chi connectivity index (χ2v) is 3.82. The Labute approximate surface area is 105 Å². The van der Waals surface area contributed by atoms with Crippen molar-refractivity contribution in [1.82, 2.24) is 20.1 Å². The lowest BCUT2D eigenvalue weighted by Gasteiger charge is -2.17. The SMILES string of the molecule is CC(c1nc(-c2cnccn2)no1)C(O)C(F)(F)F. The van der Waals surface area contributed by atoms with E-state index in [1.807, 2.05) is 0 Å². The van der Waals surface area contributed by atoms with Crippen LogP contribution in [0.3, 0.4) is 0 Å². The molecule has 0 aromatic carbocycles. The fourth-order valence-corrected chi connectivity index (χ4v) is 1.36. The van der Waals surface area contributed by atoms with Crippen LogP contribution in [0.1, 0.15) is 18.7 Å². The maximum absolute atomic E-state index is 12.4. The van der Waals surface area contributed by atoms with Crippen molar-refractivity contribution < 1.29 is 22.8 Å². The Morgan fingerprint density at radius 3 is 2.63 bits per heavy atom. The first-order valence-corrected chi connectivity index (χ1v) is 5.24. The zero-order valence-electron chi connectivity index (χ0n) is 9.66. The van der Waals surface area contributed by atoms with Gasteiger partial charge in [-0.1, -0.05) is 12.1 Å². The monoisotopic (exact) mass is 274 g/mol. The number of nitrogens with zero attached hydrogens (tertiary/aromatic N) is 4. The average Bonchev–Trinajstić information content (AvgIpc) is 2.86. The molecular formula is C10H9F3N4O2. The number of aliphatic hydroxyl groups is 1. The van der Waals surface area contributed by atoms with Crippen molar-refractivity contribution >= 4 is 0 Å². The molecule has 0 saturated carbocycles. The summed E-state index contributed by atoms with van der Waals surface area (Å²) in [5.74, 6) is -1.66. The van der Waals surface area contributed by atoms with Gasteiger partial charge in [0.1, 0.15) is 5.69 Å². The van der Waals surface area contributed by atoms with Crippen molar-refractivity contribution in [3.05, 3.63) is 24.5 Å². The quantitative estimate of drug-likeness (QED) is 0.914. The molecule has 2 atom stereocenters. The first-order valence-electron chi connectivity index (χ1n) is 5.24. The molecular weight excluding hydrogens is 265 g/mol. The van der Waals surface area contributed by atoms with Crippen LogP contribution >= 0.6 is 0 Å². The molecule has 0 saturated heterocycles. The van der Waals surface area contributed by atoms with Crippen LogP contribution in [0.25, 0.3) is 11.5 Å². The highest BCUT2D eigenvalue weighted by Crippen LogP contribution is 2.31. The summed E-state index contributed by atoms with van der Waals surface area (Å²) in [4.78, 5) is 11.4. The van der Waals surface area contributed by atoms with Crippen LogP contribution < -0.4 is 0 Å². The van der Waals surface area contributed by atoms with Gasteiger partial charge in [-0.05, 0) is 0 Å². The molecule has 0 aliphatic carbocycles. The lowest BCUT2D eigenvalue weighted by molar-refractivity contribution is -0.210. The maximum atomic E-state index is 12.4. The van der Waals surface area contributed by atoms with Crippen molar-refractivity contribution in [2.45, 2.75) is 25.1 Å². The molecule has 0 spiro atoms. The van der Waals surface area contributed by atoms with Gasteiger partial charge in [0, 0.05) is 12.4 Å². The molecule has 2 heterocycles. The Morgan fingerprint density at radius 1 is 1.32 bits per heavy atom. The minimum atomic E-state index is -4.75. The van der Waals surface area contributed by atoms with Gasteiger partial charge < -0.3 is 9.63 Å². The first-order chi connectivity index (χ1) is 8.89. The van der Waals surface area contributed by atoms with Gasteiger partial charge in [0.15, 0.2) is 6.10 Å². The first kappa shape index (κ1) is 13.4. The molecule has 2 unspecified atom stereocenters. The van der Waals surface area contributed by atoms with E-state index >= 15 is 0 Å². The van der Waals surface area contributed by atoms with Crippen molar-refractivity contribution in [2.24, 2.45) is 0 Å². The van der Waals surface area contributed by atoms with Crippen molar-refractivity contribution in [3.8, 4) is 11.5 Å². The number of halogens is 3. The largest absolute Gasteiger partial charge is 0.415 e. The summed E-state index contributed by atoms with van der Waals surface area (Å²) in [5, 5.41) is 12.6. The van der Waals surface area contributed by atoms with E-state index in [0.717, 1.165) is 6.92 Å². The highest BCUT2D eigenvalue weighted by molar-refractivity contribution is 5.45. The summed E-state index contributed by atoms with van der Waals surface area (Å²) in [6.45, 7) is 1.14. The zero-order chi connectivity index (χ0) is 14.0. The predicted molar refractivity (Wildman–Crippen MR) is 55.8 cm³/mol. The van der Waals surface area contributed by atoms with E-state index in [9.17, 15) is 13.2 Å². The summed E-state index contributed by atoms with van der Waals surface area (Å²) >= 11 is 0. The van der Waals surface area contributed by atoms with Gasteiger partial charge in [0.25, 0.3) is 0 Å². The summed E-state index contributed by atoms with van der Waals surface area (Å²) in [7, 11) is 0. The molecule has 19 heavy (non-hydrogen) atoms. The van der Waals surface area contributed by atoms with E-state index in [1.165, 1.54) is 18.6 Å². The molecule has 2 aromatic rings. The minimum Gasteiger partial charge on any atom is -0.383 e. The number of rotatable bonds is 3. The topological polar surface area (TPSA) is 84.9 Å². The van der Waals surface area contributed by atoms with E-state index in [1.54, 1.807) is 0 Å². The molecule has 1 N–H and O–H groups in total. The molecule has 102 valence electrons. The highest BCUT2D eigenvalue weighted by Gasteiger charge is 2.44. The van der Waals surface area contributed by atoms with Gasteiger partial charge in [-0.15, -0.1) is 0 Å². The maximum Gasteiger partial charge on any atom is 0.415 e. The third kappa shape index (κ3) is 2.87. The van der Waals surface area contributed by atoms with E-state index in [-0.39, 0.29) is 17.4 Å². The van der Waals surface area contributed by atoms with Crippen molar-refractivity contribution in [2.75, 3.05) is 0 Å². The molecule has 9 heteroatoms. The van der Waals surface area contributed by atoms with Crippen LogP contribution in [0, 0.1) is 0 Å². The summed E-state index contributed by atoms with van der Waals surface area (Å²) < 4.78 is 41.8. The second-order valence-electron chi connectivity index (χ2n) is 3.82. The predicted octanol–water partition coefficient (Wildman–Crippen LogP) is 1.55. The van der Waals surface area contributed by atoms with Crippen LogP contribution in [-0.2, 0) is 0 Å². The van der Waals surface area contributed by atoms with E-state index < -0.39 is 18.2 Å². The molecule has 0 aliphatic rings. The minimum absolute atomic E-state index is 0.0179. The van der Waals surface area contributed by atoms with Crippen LogP contribution in [0.15, 0.2) is 23.1 Å². The number of hydrogen-bond donors (Lipinski definition) is 1. The van der Waals surface area contributed by atoms with Gasteiger partial charge in [0.2, 0.25) is 11.7 Å². The Balaban J connectivity index is 2.22. The van der Waals surface area contributed by atoms with Crippen molar-refractivity contribution in [1.29, 1.82) is 0 Å². The van der Waals surface area contributed by atoms with E-state index in [4.69, 9.17) is 9.63 Å². The standard InChI is InChI=1S/C10H9F3N4O2/c1-5(7(18)10(11,12)13)9-16-8(17-19-9)6-4-14-2-3-15-6/h2-5,7,18H,1H3. The molecule has 0 radical (unpaired) electrons. The lowest BCUT2D eigenvalue weighted by atomic mass is 10.1. The summed E-state index contributed by atoms with van der Waals surface area (Å²) in [6.07, 6.45) is -3.15. The molecule has 2 aromatic heterocycles. The van der Waals surface area contributed by atoms with Crippen LogP contribution in [0.4, 0.5) is 13.2 Å². The normalized spacial score (nSPS) is 15.2. The van der Waals surface area contributed by atoms with Gasteiger partial charge in [-0.25, -0.2) is 4.98 Å². The molecule has 0 amide bonds. The second kappa shape index (κ2) is 4.92. The number of hydrogen-bond acceptors (Lipinski definition) is 6. The fourth-order valence-electron chi connectivity index (χ4n) is 1.36. The van der Waals surface area contributed by atoms with Crippen molar-refractivity contribution in [3.63, 3.8) is 0 Å². The molecule has 6 nitrogen and oxygen atoms in total. The van der Waals surface area contributed by atoms with E-state index in [0.29, 0.717) is 0 Å². The Morgan fingerprint density at radius 2 is 2.05 bits per heavy atom. The number of aliphatic hydroxyl groups excluding tert-OH is 1.